The highest BCUT2D eigenvalue weighted by Crippen LogP contribution is 2.26. The topological polar surface area (TPSA) is 76.7 Å². The van der Waals surface area contributed by atoms with Gasteiger partial charge >= 0.3 is 5.97 Å². The van der Waals surface area contributed by atoms with Crippen LogP contribution in [0.4, 0.5) is 0 Å². The number of carbonyl (C=O) groups excluding carboxylic acids is 1. The van der Waals surface area contributed by atoms with Gasteiger partial charge in [0.1, 0.15) is 5.60 Å². The molecule has 0 unspecified atom stereocenters. The minimum atomic E-state index is -0.402. The van der Waals surface area contributed by atoms with Crippen LogP contribution in [-0.2, 0) is 9.53 Å². The number of ether oxygens (including phenoxy) is 1. The van der Waals surface area contributed by atoms with Gasteiger partial charge in [0.25, 0.3) is 0 Å². The molecule has 0 radical (unpaired) electrons. The number of hydrogen-bond acceptors (Lipinski definition) is 3. The number of nitrogens with two attached hydrogens (primary N) is 1. The summed E-state index contributed by atoms with van der Waals surface area (Å²) in [6.45, 7) is 8.74. The molecule has 1 rings (SSSR count). The Kier molecular flexibility index (Phi) is 11.7. The van der Waals surface area contributed by atoms with E-state index >= 15 is 0 Å². The number of hydrogen-bond donors (Lipinski definition) is 2. The number of esters is 1. The number of rotatable bonds is 7. The number of unbranched alkanes of at least 4 members (excludes halogenated alkanes) is 3. The van der Waals surface area contributed by atoms with Crippen LogP contribution in [0.1, 0.15) is 79.1 Å². The molecule has 3 N–H and O–H groups in total. The van der Waals surface area contributed by atoms with Crippen molar-refractivity contribution >= 4 is 35.9 Å². The van der Waals surface area contributed by atoms with E-state index in [9.17, 15) is 4.79 Å². The predicted octanol–water partition coefficient (Wildman–Crippen LogP) is 3.99. The van der Waals surface area contributed by atoms with Crippen molar-refractivity contribution in [1.82, 2.24) is 5.32 Å². The molecule has 0 bridgehead atoms. The molecule has 6 heteroatoms. The number of halogens is 1. The molecule has 0 amide bonds. The number of guanidine groups is 1. The second-order valence-corrected chi connectivity index (χ2v) is 7.55. The molecule has 1 aliphatic carbocycles. The van der Waals surface area contributed by atoms with Crippen molar-refractivity contribution in [3.05, 3.63) is 0 Å². The van der Waals surface area contributed by atoms with Gasteiger partial charge in [-0.05, 0) is 52.9 Å². The van der Waals surface area contributed by atoms with Gasteiger partial charge in [-0.25, -0.2) is 0 Å². The summed E-state index contributed by atoms with van der Waals surface area (Å²) < 4.78 is 5.47. The third-order valence-electron chi connectivity index (χ3n) is 4.11. The molecule has 24 heavy (non-hydrogen) atoms. The first-order valence-electron chi connectivity index (χ1n) is 9.11. The highest BCUT2D eigenvalue weighted by Gasteiger charge is 2.29. The van der Waals surface area contributed by atoms with Crippen LogP contribution in [0.15, 0.2) is 4.99 Å². The highest BCUT2D eigenvalue weighted by molar-refractivity contribution is 14.0. The van der Waals surface area contributed by atoms with Crippen LogP contribution in [-0.4, -0.2) is 30.1 Å². The van der Waals surface area contributed by atoms with Gasteiger partial charge < -0.3 is 15.8 Å². The molecule has 0 aromatic heterocycles. The van der Waals surface area contributed by atoms with Gasteiger partial charge in [-0.15, -0.1) is 24.0 Å². The zero-order chi connectivity index (χ0) is 17.3. The summed E-state index contributed by atoms with van der Waals surface area (Å²) >= 11 is 0. The van der Waals surface area contributed by atoms with Crippen LogP contribution in [0, 0.1) is 5.92 Å². The monoisotopic (exact) mass is 453 g/mol. The van der Waals surface area contributed by atoms with E-state index in [4.69, 9.17) is 10.5 Å². The van der Waals surface area contributed by atoms with E-state index in [1.165, 1.54) is 19.3 Å². The fraction of sp³-hybridized carbons (Fsp3) is 0.889. The SMILES string of the molecule is CCCCCCN=C(N)NC1CCC(C(=O)OC(C)(C)C)CC1.I. The molecule has 1 fully saturated rings. The van der Waals surface area contributed by atoms with Gasteiger partial charge in [0.2, 0.25) is 0 Å². The molecule has 1 saturated carbocycles. The normalized spacial score (nSPS) is 21.8. The summed E-state index contributed by atoms with van der Waals surface area (Å²) in [4.78, 5) is 16.5. The summed E-state index contributed by atoms with van der Waals surface area (Å²) in [5.41, 5.74) is 5.54. The van der Waals surface area contributed by atoms with Crippen LogP contribution in [0.25, 0.3) is 0 Å². The van der Waals surface area contributed by atoms with Gasteiger partial charge in [0.15, 0.2) is 5.96 Å². The molecule has 5 nitrogen and oxygen atoms in total. The van der Waals surface area contributed by atoms with Gasteiger partial charge in [0, 0.05) is 12.6 Å². The van der Waals surface area contributed by atoms with Crippen molar-refractivity contribution < 1.29 is 9.53 Å². The van der Waals surface area contributed by atoms with Gasteiger partial charge in [-0.1, -0.05) is 26.2 Å². The summed E-state index contributed by atoms with van der Waals surface area (Å²) in [6, 6.07) is 0.327. The quantitative estimate of drug-likeness (QED) is 0.201. The van der Waals surface area contributed by atoms with Crippen LogP contribution >= 0.6 is 24.0 Å². The van der Waals surface area contributed by atoms with Gasteiger partial charge in [0.05, 0.1) is 5.92 Å². The maximum Gasteiger partial charge on any atom is 0.309 e. The van der Waals surface area contributed by atoms with Crippen molar-refractivity contribution in [2.75, 3.05) is 6.54 Å². The number of nitrogens with one attached hydrogen (secondary N) is 1. The molecule has 0 spiro atoms. The van der Waals surface area contributed by atoms with Gasteiger partial charge in [-0.2, -0.15) is 0 Å². The Balaban J connectivity index is 0.00000529. The minimum Gasteiger partial charge on any atom is -0.460 e. The largest absolute Gasteiger partial charge is 0.460 e. The second kappa shape index (κ2) is 11.9. The second-order valence-electron chi connectivity index (χ2n) is 7.55. The van der Waals surface area contributed by atoms with Crippen LogP contribution in [0.3, 0.4) is 0 Å². The van der Waals surface area contributed by atoms with Crippen LogP contribution in [0.2, 0.25) is 0 Å². The molecule has 142 valence electrons. The first kappa shape index (κ1) is 23.5. The van der Waals surface area contributed by atoms with E-state index in [1.54, 1.807) is 0 Å². The molecule has 0 atom stereocenters. The Morgan fingerprint density at radius 3 is 2.33 bits per heavy atom. The van der Waals surface area contributed by atoms with Crippen LogP contribution < -0.4 is 11.1 Å². The van der Waals surface area contributed by atoms with Crippen LogP contribution in [0.5, 0.6) is 0 Å². The number of aliphatic imine (C=N–C) groups is 1. The average Bonchev–Trinajstić information content (AvgIpc) is 2.46. The molecule has 0 saturated heterocycles. The lowest BCUT2D eigenvalue weighted by molar-refractivity contribution is -0.161. The summed E-state index contributed by atoms with van der Waals surface area (Å²) in [7, 11) is 0. The van der Waals surface area contributed by atoms with Gasteiger partial charge in [-0.3, -0.25) is 9.79 Å². The predicted molar refractivity (Wildman–Crippen MR) is 111 cm³/mol. The van der Waals surface area contributed by atoms with Crippen molar-refractivity contribution in [1.29, 1.82) is 0 Å². The Morgan fingerprint density at radius 2 is 1.79 bits per heavy atom. The number of nitrogens with zero attached hydrogens (tertiary/aromatic N) is 1. The maximum atomic E-state index is 12.1. The first-order valence-corrected chi connectivity index (χ1v) is 9.11. The summed E-state index contributed by atoms with van der Waals surface area (Å²) in [5, 5.41) is 3.29. The lowest BCUT2D eigenvalue weighted by Crippen LogP contribution is -2.43. The Bertz CT molecular complexity index is 386. The number of carbonyl (C=O) groups is 1. The molecule has 0 aliphatic heterocycles. The standard InChI is InChI=1S/C18H35N3O2.HI/c1-5-6-7-8-13-20-17(19)21-15-11-9-14(10-12-15)16(22)23-18(2,3)4;/h14-15H,5-13H2,1-4H3,(H3,19,20,21);1H. The maximum absolute atomic E-state index is 12.1. The lowest BCUT2D eigenvalue weighted by atomic mass is 9.86. The van der Waals surface area contributed by atoms with Crippen molar-refractivity contribution in [3.8, 4) is 0 Å². The Morgan fingerprint density at radius 1 is 1.17 bits per heavy atom. The zero-order valence-corrected chi connectivity index (χ0v) is 18.1. The van der Waals surface area contributed by atoms with Crippen molar-refractivity contribution in [3.63, 3.8) is 0 Å². The fourth-order valence-corrected chi connectivity index (χ4v) is 2.85. The highest BCUT2D eigenvalue weighted by atomic mass is 127. The average molecular weight is 453 g/mol. The van der Waals surface area contributed by atoms with E-state index < -0.39 is 5.60 Å². The summed E-state index contributed by atoms with van der Waals surface area (Å²) in [5.74, 6) is 0.509. The minimum absolute atomic E-state index is 0. The summed E-state index contributed by atoms with van der Waals surface area (Å²) in [6.07, 6.45) is 8.41. The molecule has 0 aromatic carbocycles. The van der Waals surface area contributed by atoms with Crippen molar-refractivity contribution in [2.45, 2.75) is 90.7 Å². The lowest BCUT2D eigenvalue weighted by Gasteiger charge is -2.30. The van der Waals surface area contributed by atoms with E-state index in [-0.39, 0.29) is 35.9 Å². The van der Waals surface area contributed by atoms with E-state index in [2.05, 4.69) is 17.2 Å². The molecule has 0 heterocycles. The molecule has 0 aromatic rings. The van der Waals surface area contributed by atoms with E-state index in [0.29, 0.717) is 12.0 Å². The zero-order valence-electron chi connectivity index (χ0n) is 15.8. The van der Waals surface area contributed by atoms with E-state index in [1.807, 2.05) is 20.8 Å². The smallest absolute Gasteiger partial charge is 0.309 e. The Labute approximate surface area is 164 Å². The first-order chi connectivity index (χ1) is 10.8. The fourth-order valence-electron chi connectivity index (χ4n) is 2.85. The molecular formula is C18H36IN3O2. The van der Waals surface area contributed by atoms with E-state index in [0.717, 1.165) is 38.6 Å². The third-order valence-corrected chi connectivity index (χ3v) is 4.11. The molecular weight excluding hydrogens is 417 g/mol. The molecule has 1 aliphatic rings. The Hall–Kier alpha value is -0.530. The van der Waals surface area contributed by atoms with Crippen molar-refractivity contribution in [2.24, 2.45) is 16.6 Å². The third kappa shape index (κ3) is 10.4.